The van der Waals surface area contributed by atoms with Crippen LogP contribution in [0.2, 0.25) is 0 Å². The van der Waals surface area contributed by atoms with Gasteiger partial charge in [0.2, 0.25) is 0 Å². The van der Waals surface area contributed by atoms with Crippen molar-refractivity contribution in [3.63, 3.8) is 0 Å². The second-order valence-corrected chi connectivity index (χ2v) is 7.37. The van der Waals surface area contributed by atoms with Crippen molar-refractivity contribution >= 4 is 15.8 Å². The molecule has 0 spiro atoms. The average Bonchev–Trinajstić information content (AvgIpc) is 2.41. The second kappa shape index (κ2) is 6.37. The lowest BCUT2D eigenvalue weighted by molar-refractivity contribution is -0.143. The zero-order chi connectivity index (χ0) is 15.4. The van der Waals surface area contributed by atoms with Crippen molar-refractivity contribution in [1.29, 1.82) is 0 Å². The minimum Gasteiger partial charge on any atom is -0.481 e. The molecule has 20 heavy (non-hydrogen) atoms. The van der Waals surface area contributed by atoms with Crippen LogP contribution in [0.15, 0.2) is 24.3 Å². The summed E-state index contributed by atoms with van der Waals surface area (Å²) in [4.78, 5) is 11.7. The van der Waals surface area contributed by atoms with E-state index in [9.17, 15) is 18.3 Å². The molecule has 0 amide bonds. The molecule has 1 aromatic rings. The summed E-state index contributed by atoms with van der Waals surface area (Å²) in [5, 5.41) is 9.60. The summed E-state index contributed by atoms with van der Waals surface area (Å²) < 4.78 is 23.3. The van der Waals surface area contributed by atoms with E-state index in [-0.39, 0.29) is 24.5 Å². The summed E-state index contributed by atoms with van der Waals surface area (Å²) in [5.74, 6) is -1.26. The highest BCUT2D eigenvalue weighted by atomic mass is 32.2. The Morgan fingerprint density at radius 2 is 1.95 bits per heavy atom. The number of rotatable bonds is 7. The number of carbonyl (C=O) groups is 1. The zero-order valence-corrected chi connectivity index (χ0v) is 12.6. The molecule has 0 radical (unpaired) electrons. The van der Waals surface area contributed by atoms with Crippen LogP contribution in [-0.4, -0.2) is 37.5 Å². The number of carboxylic acids is 1. The van der Waals surface area contributed by atoms with Crippen molar-refractivity contribution in [3.8, 4) is 0 Å². The standard InChI is InChI=1S/C14H21NO4S/c1-3-20(18,19)9-8-14(10-15,13(16)17)12-7-5-4-6-11(12)2/h4-7H,3,8-10,15H2,1-2H3,(H,16,17). The fourth-order valence-corrected chi connectivity index (χ4v) is 3.19. The van der Waals surface area contributed by atoms with Crippen LogP contribution in [0.4, 0.5) is 0 Å². The topological polar surface area (TPSA) is 97.5 Å². The Hall–Kier alpha value is -1.40. The van der Waals surface area contributed by atoms with Crippen molar-refractivity contribution in [2.75, 3.05) is 18.1 Å². The quantitative estimate of drug-likeness (QED) is 0.785. The molecule has 1 unspecified atom stereocenters. The van der Waals surface area contributed by atoms with E-state index in [1.165, 1.54) is 0 Å². The smallest absolute Gasteiger partial charge is 0.315 e. The van der Waals surface area contributed by atoms with E-state index in [0.717, 1.165) is 5.56 Å². The molecule has 0 aromatic heterocycles. The van der Waals surface area contributed by atoms with Gasteiger partial charge in [0.1, 0.15) is 15.3 Å². The Bertz CT molecular complexity index is 583. The summed E-state index contributed by atoms with van der Waals surface area (Å²) >= 11 is 0. The number of hydrogen-bond donors (Lipinski definition) is 2. The fraction of sp³-hybridized carbons (Fsp3) is 0.500. The van der Waals surface area contributed by atoms with Crippen LogP contribution >= 0.6 is 0 Å². The Balaban J connectivity index is 3.24. The third-order valence-corrected chi connectivity index (χ3v) is 5.40. The van der Waals surface area contributed by atoms with Crippen molar-refractivity contribution < 1.29 is 18.3 Å². The molecule has 1 atom stereocenters. The number of sulfone groups is 1. The molecule has 0 aliphatic carbocycles. The highest BCUT2D eigenvalue weighted by Crippen LogP contribution is 2.30. The summed E-state index contributed by atoms with van der Waals surface area (Å²) in [6, 6.07) is 7.06. The number of carboxylic acid groups (broad SMARTS) is 1. The van der Waals surface area contributed by atoms with E-state index >= 15 is 0 Å². The van der Waals surface area contributed by atoms with Gasteiger partial charge in [-0.3, -0.25) is 4.79 Å². The Labute approximate surface area is 119 Å². The third kappa shape index (κ3) is 3.37. The minimum atomic E-state index is -3.24. The number of nitrogens with two attached hydrogens (primary N) is 1. The maximum Gasteiger partial charge on any atom is 0.315 e. The van der Waals surface area contributed by atoms with E-state index in [1.54, 1.807) is 32.0 Å². The lowest BCUT2D eigenvalue weighted by atomic mass is 9.76. The van der Waals surface area contributed by atoms with Crippen LogP contribution in [0.5, 0.6) is 0 Å². The number of aryl methyl sites for hydroxylation is 1. The van der Waals surface area contributed by atoms with Gasteiger partial charge in [0, 0.05) is 12.3 Å². The Kier molecular flexibility index (Phi) is 5.30. The van der Waals surface area contributed by atoms with Gasteiger partial charge in [0.15, 0.2) is 0 Å². The van der Waals surface area contributed by atoms with Gasteiger partial charge in [-0.1, -0.05) is 31.2 Å². The van der Waals surface area contributed by atoms with E-state index in [1.807, 2.05) is 6.07 Å². The molecule has 5 nitrogen and oxygen atoms in total. The highest BCUT2D eigenvalue weighted by Gasteiger charge is 2.40. The van der Waals surface area contributed by atoms with Crippen molar-refractivity contribution in [2.45, 2.75) is 25.7 Å². The van der Waals surface area contributed by atoms with E-state index in [0.29, 0.717) is 5.56 Å². The molecule has 0 aliphatic rings. The van der Waals surface area contributed by atoms with Crippen LogP contribution < -0.4 is 5.73 Å². The Morgan fingerprint density at radius 1 is 1.35 bits per heavy atom. The molecular weight excluding hydrogens is 278 g/mol. The molecule has 0 saturated heterocycles. The van der Waals surface area contributed by atoms with Gasteiger partial charge in [-0.2, -0.15) is 0 Å². The van der Waals surface area contributed by atoms with Crippen molar-refractivity contribution in [2.24, 2.45) is 5.73 Å². The van der Waals surface area contributed by atoms with Crippen LogP contribution in [0.25, 0.3) is 0 Å². The zero-order valence-electron chi connectivity index (χ0n) is 11.8. The molecule has 0 fully saturated rings. The molecule has 6 heteroatoms. The Morgan fingerprint density at radius 3 is 2.40 bits per heavy atom. The predicted octanol–water partition coefficient (Wildman–Crippen LogP) is 1.10. The normalized spacial score (nSPS) is 14.8. The SMILES string of the molecule is CCS(=O)(=O)CCC(CN)(C(=O)O)c1ccccc1C. The lowest BCUT2D eigenvalue weighted by Gasteiger charge is -2.29. The number of benzene rings is 1. The van der Waals surface area contributed by atoms with Crippen LogP contribution in [-0.2, 0) is 20.0 Å². The van der Waals surface area contributed by atoms with Crippen molar-refractivity contribution in [1.82, 2.24) is 0 Å². The van der Waals surface area contributed by atoms with Crippen LogP contribution in [0, 0.1) is 6.92 Å². The molecule has 0 saturated carbocycles. The second-order valence-electron chi connectivity index (χ2n) is 4.89. The maximum absolute atomic E-state index is 11.7. The summed E-state index contributed by atoms with van der Waals surface area (Å²) in [6.45, 7) is 3.22. The van der Waals surface area contributed by atoms with Crippen molar-refractivity contribution in [3.05, 3.63) is 35.4 Å². The number of aliphatic carboxylic acids is 1. The summed E-state index contributed by atoms with van der Waals surface area (Å²) in [5.41, 5.74) is 5.74. The summed E-state index contributed by atoms with van der Waals surface area (Å²) in [6.07, 6.45) is -0.0140. The van der Waals surface area contributed by atoms with Gasteiger partial charge < -0.3 is 10.8 Å². The minimum absolute atomic E-state index is 0.00103. The van der Waals surface area contributed by atoms with Crippen LogP contribution in [0.1, 0.15) is 24.5 Å². The largest absolute Gasteiger partial charge is 0.481 e. The van der Waals surface area contributed by atoms with E-state index < -0.39 is 21.2 Å². The van der Waals surface area contributed by atoms with Gasteiger partial charge in [0.25, 0.3) is 0 Å². The molecule has 0 aliphatic heterocycles. The first-order chi connectivity index (χ1) is 9.29. The van der Waals surface area contributed by atoms with E-state index in [4.69, 9.17) is 5.73 Å². The van der Waals surface area contributed by atoms with Crippen LogP contribution in [0.3, 0.4) is 0 Å². The first-order valence-corrected chi connectivity index (χ1v) is 8.31. The average molecular weight is 299 g/mol. The monoisotopic (exact) mass is 299 g/mol. The van der Waals surface area contributed by atoms with Gasteiger partial charge in [0.05, 0.1) is 5.75 Å². The predicted molar refractivity (Wildman–Crippen MR) is 78.5 cm³/mol. The molecule has 1 aromatic carbocycles. The van der Waals surface area contributed by atoms with E-state index in [2.05, 4.69) is 0 Å². The van der Waals surface area contributed by atoms with Gasteiger partial charge >= 0.3 is 5.97 Å². The first kappa shape index (κ1) is 16.7. The molecule has 0 heterocycles. The molecular formula is C14H21NO4S. The fourth-order valence-electron chi connectivity index (χ4n) is 2.24. The number of hydrogen-bond acceptors (Lipinski definition) is 4. The van der Waals surface area contributed by atoms with Gasteiger partial charge in [-0.05, 0) is 24.5 Å². The molecule has 112 valence electrons. The maximum atomic E-state index is 11.7. The summed E-state index contributed by atoms with van der Waals surface area (Å²) in [7, 11) is -3.24. The lowest BCUT2D eigenvalue weighted by Crippen LogP contribution is -2.45. The molecule has 3 N–H and O–H groups in total. The third-order valence-electron chi connectivity index (χ3n) is 3.70. The molecule has 0 bridgehead atoms. The van der Waals surface area contributed by atoms with Gasteiger partial charge in [-0.25, -0.2) is 8.42 Å². The molecule has 1 rings (SSSR count). The van der Waals surface area contributed by atoms with Gasteiger partial charge in [-0.15, -0.1) is 0 Å². The highest BCUT2D eigenvalue weighted by molar-refractivity contribution is 7.91. The first-order valence-electron chi connectivity index (χ1n) is 6.49.